The predicted molar refractivity (Wildman–Crippen MR) is 91.6 cm³/mol. The summed E-state index contributed by atoms with van der Waals surface area (Å²) >= 11 is 6.16. The summed E-state index contributed by atoms with van der Waals surface area (Å²) in [5, 5.41) is 4.21. The zero-order chi connectivity index (χ0) is 17.4. The molecular formula is C17H14ClN3O3. The van der Waals surface area contributed by atoms with Crippen molar-refractivity contribution >= 4 is 23.7 Å². The van der Waals surface area contributed by atoms with Crippen molar-refractivity contribution in [1.29, 1.82) is 0 Å². The van der Waals surface area contributed by atoms with Crippen LogP contribution in [0.5, 0.6) is 11.5 Å². The molecular weight excluding hydrogens is 330 g/mol. The molecule has 2 aromatic rings. The molecule has 1 heterocycles. The van der Waals surface area contributed by atoms with Crippen molar-refractivity contribution in [3.63, 3.8) is 0 Å². The predicted octanol–water partition coefficient (Wildman–Crippen LogP) is 2.52. The van der Waals surface area contributed by atoms with Gasteiger partial charge in [-0.1, -0.05) is 17.5 Å². The van der Waals surface area contributed by atoms with Crippen LogP contribution >= 0.6 is 11.6 Å². The molecule has 0 aliphatic rings. The summed E-state index contributed by atoms with van der Waals surface area (Å²) in [6.45, 7) is 0.0741. The molecule has 0 unspecified atom stereocenters. The number of nitrogens with one attached hydrogen (secondary N) is 1. The number of benzene rings is 1. The van der Waals surface area contributed by atoms with Crippen molar-refractivity contribution in [3.05, 3.63) is 52.8 Å². The van der Waals surface area contributed by atoms with Crippen LogP contribution in [0.1, 0.15) is 15.9 Å². The van der Waals surface area contributed by atoms with E-state index in [9.17, 15) is 4.79 Å². The normalized spacial score (nSPS) is 10.2. The van der Waals surface area contributed by atoms with Gasteiger partial charge in [0.2, 0.25) is 0 Å². The monoisotopic (exact) mass is 343 g/mol. The van der Waals surface area contributed by atoms with Crippen LogP contribution in [-0.2, 0) is 0 Å². The molecule has 0 aliphatic carbocycles. The number of pyridine rings is 1. The fourth-order valence-electron chi connectivity index (χ4n) is 1.80. The van der Waals surface area contributed by atoms with Crippen LogP contribution in [-0.4, -0.2) is 30.8 Å². The second-order valence-corrected chi connectivity index (χ2v) is 4.87. The Bertz CT molecular complexity index is 786. The van der Waals surface area contributed by atoms with Gasteiger partial charge in [0.1, 0.15) is 6.61 Å². The third kappa shape index (κ3) is 4.48. The quantitative estimate of drug-likeness (QED) is 0.497. The van der Waals surface area contributed by atoms with Crippen molar-refractivity contribution < 1.29 is 14.3 Å². The van der Waals surface area contributed by atoms with E-state index in [-0.39, 0.29) is 12.5 Å². The van der Waals surface area contributed by atoms with Gasteiger partial charge in [-0.3, -0.25) is 9.78 Å². The van der Waals surface area contributed by atoms with Crippen LogP contribution in [0.4, 0.5) is 0 Å². The molecule has 1 amide bonds. The number of aromatic nitrogens is 1. The highest BCUT2D eigenvalue weighted by atomic mass is 35.5. The molecule has 0 bridgehead atoms. The van der Waals surface area contributed by atoms with Gasteiger partial charge in [0.15, 0.2) is 11.5 Å². The number of halogens is 1. The number of ether oxygens (including phenoxy) is 2. The highest BCUT2D eigenvalue weighted by Gasteiger charge is 2.11. The summed E-state index contributed by atoms with van der Waals surface area (Å²) in [6.07, 6.45) is 9.63. The molecule has 0 atom stereocenters. The van der Waals surface area contributed by atoms with Gasteiger partial charge in [0, 0.05) is 12.4 Å². The lowest BCUT2D eigenvalue weighted by molar-refractivity contribution is 0.0955. The minimum atomic E-state index is -0.369. The van der Waals surface area contributed by atoms with E-state index in [0.29, 0.717) is 27.6 Å². The van der Waals surface area contributed by atoms with E-state index in [0.717, 1.165) is 0 Å². The van der Waals surface area contributed by atoms with Gasteiger partial charge in [-0.25, -0.2) is 5.43 Å². The molecule has 0 spiro atoms. The lowest BCUT2D eigenvalue weighted by Crippen LogP contribution is -2.17. The van der Waals surface area contributed by atoms with Gasteiger partial charge in [0.05, 0.1) is 23.9 Å². The van der Waals surface area contributed by atoms with E-state index in [1.165, 1.54) is 19.5 Å². The Morgan fingerprint density at radius 3 is 3.04 bits per heavy atom. The summed E-state index contributed by atoms with van der Waals surface area (Å²) in [6, 6.07) is 6.58. The number of hydrazone groups is 1. The summed E-state index contributed by atoms with van der Waals surface area (Å²) in [7, 11) is 1.49. The van der Waals surface area contributed by atoms with Crippen molar-refractivity contribution in [2.24, 2.45) is 5.10 Å². The molecule has 1 aromatic heterocycles. The number of terminal acetylenes is 1. The van der Waals surface area contributed by atoms with Crippen LogP contribution in [0.2, 0.25) is 5.02 Å². The number of hydrogen-bond acceptors (Lipinski definition) is 5. The van der Waals surface area contributed by atoms with Crippen LogP contribution in [0.25, 0.3) is 0 Å². The van der Waals surface area contributed by atoms with Gasteiger partial charge in [-0.2, -0.15) is 5.10 Å². The van der Waals surface area contributed by atoms with E-state index < -0.39 is 0 Å². The first-order valence-electron chi connectivity index (χ1n) is 6.83. The number of methoxy groups -OCH3 is 1. The van der Waals surface area contributed by atoms with Crippen molar-refractivity contribution in [2.75, 3.05) is 13.7 Å². The van der Waals surface area contributed by atoms with Crippen molar-refractivity contribution in [1.82, 2.24) is 10.4 Å². The molecule has 2 rings (SSSR count). The number of rotatable bonds is 6. The Balaban J connectivity index is 2.11. The average molecular weight is 344 g/mol. The average Bonchev–Trinajstić information content (AvgIpc) is 2.61. The molecule has 0 saturated carbocycles. The topological polar surface area (TPSA) is 72.8 Å². The molecule has 0 aliphatic heterocycles. The fourth-order valence-corrected chi connectivity index (χ4v) is 2.07. The van der Waals surface area contributed by atoms with Crippen molar-refractivity contribution in [3.8, 4) is 23.8 Å². The standard InChI is InChI=1S/C17H14ClN3O3/c1-3-7-24-16-14(18)8-12(9-15(16)23-2)10-20-21-17(22)13-5-4-6-19-11-13/h1,4-6,8-11H,7H2,2H3,(H,21,22)/b20-10+. The molecule has 7 heteroatoms. The van der Waals surface area contributed by atoms with Gasteiger partial charge < -0.3 is 9.47 Å². The molecule has 6 nitrogen and oxygen atoms in total. The van der Waals surface area contributed by atoms with E-state index in [1.54, 1.807) is 30.5 Å². The maximum atomic E-state index is 11.8. The SMILES string of the molecule is C#CCOc1c(Cl)cc(/C=N/NC(=O)c2cccnc2)cc1OC. The van der Waals surface area contributed by atoms with E-state index in [2.05, 4.69) is 21.4 Å². The molecule has 122 valence electrons. The number of carbonyl (C=O) groups is 1. The first-order chi connectivity index (χ1) is 11.7. The second kappa shape index (κ2) is 8.56. The van der Waals surface area contributed by atoms with Crippen LogP contribution in [0, 0.1) is 12.3 Å². The second-order valence-electron chi connectivity index (χ2n) is 4.47. The van der Waals surface area contributed by atoms with Crippen molar-refractivity contribution in [2.45, 2.75) is 0 Å². The fraction of sp³-hybridized carbons (Fsp3) is 0.118. The maximum absolute atomic E-state index is 11.8. The summed E-state index contributed by atoms with van der Waals surface area (Å²) in [5.74, 6) is 2.76. The maximum Gasteiger partial charge on any atom is 0.272 e. The molecule has 0 radical (unpaired) electrons. The van der Waals surface area contributed by atoms with Crippen LogP contribution in [0.15, 0.2) is 41.8 Å². The molecule has 1 N–H and O–H groups in total. The highest BCUT2D eigenvalue weighted by molar-refractivity contribution is 6.32. The van der Waals surface area contributed by atoms with Gasteiger partial charge >= 0.3 is 0 Å². The Morgan fingerprint density at radius 2 is 2.38 bits per heavy atom. The highest BCUT2D eigenvalue weighted by Crippen LogP contribution is 2.35. The van der Waals surface area contributed by atoms with E-state index >= 15 is 0 Å². The molecule has 0 saturated heterocycles. The molecule has 1 aromatic carbocycles. The van der Waals surface area contributed by atoms with E-state index in [4.69, 9.17) is 27.5 Å². The largest absolute Gasteiger partial charge is 0.493 e. The zero-order valence-corrected chi connectivity index (χ0v) is 13.6. The number of hydrogen-bond donors (Lipinski definition) is 1. The summed E-state index contributed by atoms with van der Waals surface area (Å²) in [4.78, 5) is 15.7. The smallest absolute Gasteiger partial charge is 0.272 e. The van der Waals surface area contributed by atoms with Crippen LogP contribution < -0.4 is 14.9 Å². The lowest BCUT2D eigenvalue weighted by atomic mass is 10.2. The Labute approximate surface area is 144 Å². The Hall–Kier alpha value is -3.04. The van der Waals surface area contributed by atoms with Gasteiger partial charge in [-0.05, 0) is 29.8 Å². The number of carbonyl (C=O) groups excluding carboxylic acids is 1. The third-order valence-corrected chi connectivity index (χ3v) is 3.14. The minimum absolute atomic E-state index is 0.0741. The number of nitrogens with zero attached hydrogens (tertiary/aromatic N) is 2. The van der Waals surface area contributed by atoms with Gasteiger partial charge in [-0.15, -0.1) is 6.42 Å². The Kier molecular flexibility index (Phi) is 6.17. The van der Waals surface area contributed by atoms with E-state index in [1.807, 2.05) is 0 Å². The zero-order valence-electron chi connectivity index (χ0n) is 12.8. The first-order valence-corrected chi connectivity index (χ1v) is 7.20. The lowest BCUT2D eigenvalue weighted by Gasteiger charge is -2.11. The molecule has 0 fully saturated rings. The van der Waals surface area contributed by atoms with Crippen LogP contribution in [0.3, 0.4) is 0 Å². The summed E-state index contributed by atoms with van der Waals surface area (Å²) < 4.78 is 10.6. The van der Waals surface area contributed by atoms with Gasteiger partial charge in [0.25, 0.3) is 5.91 Å². The number of amides is 1. The third-order valence-electron chi connectivity index (χ3n) is 2.86. The minimum Gasteiger partial charge on any atom is -0.493 e. The summed E-state index contributed by atoms with van der Waals surface area (Å²) in [5.41, 5.74) is 3.43. The Morgan fingerprint density at radius 1 is 1.54 bits per heavy atom. The first kappa shape index (κ1) is 17.3. The molecule has 24 heavy (non-hydrogen) atoms.